The predicted octanol–water partition coefficient (Wildman–Crippen LogP) is -1.33. The van der Waals surface area contributed by atoms with Gasteiger partial charge in [0.25, 0.3) is 0 Å². The maximum Gasteiger partial charge on any atom is 0.239 e. The standard InChI is InChI=1S/C12H22N4O2/c1-9(16-4-2-3-5-16)6-15-12(18)10-7-14-11(17)8-13-10/h9-10,13H,2-8H2,1H3,(H,14,17)(H,15,18). The van der Waals surface area contributed by atoms with Gasteiger partial charge in [-0.3, -0.25) is 19.8 Å². The highest BCUT2D eigenvalue weighted by molar-refractivity contribution is 5.86. The minimum absolute atomic E-state index is 0.0268. The van der Waals surface area contributed by atoms with Crippen molar-refractivity contribution in [3.63, 3.8) is 0 Å². The second-order valence-corrected chi connectivity index (χ2v) is 5.07. The second-order valence-electron chi connectivity index (χ2n) is 5.07. The molecule has 2 aliphatic heterocycles. The molecule has 0 aromatic carbocycles. The van der Waals surface area contributed by atoms with Crippen molar-refractivity contribution >= 4 is 11.8 Å². The van der Waals surface area contributed by atoms with Crippen LogP contribution in [0, 0.1) is 0 Å². The lowest BCUT2D eigenvalue weighted by Crippen LogP contribution is -2.58. The van der Waals surface area contributed by atoms with Gasteiger partial charge in [0.1, 0.15) is 6.04 Å². The van der Waals surface area contributed by atoms with Gasteiger partial charge in [-0.1, -0.05) is 0 Å². The van der Waals surface area contributed by atoms with E-state index in [1.165, 1.54) is 12.8 Å². The van der Waals surface area contributed by atoms with E-state index in [-0.39, 0.29) is 24.4 Å². The number of hydrogen-bond donors (Lipinski definition) is 3. The van der Waals surface area contributed by atoms with Gasteiger partial charge in [-0.2, -0.15) is 0 Å². The summed E-state index contributed by atoms with van der Waals surface area (Å²) in [6.07, 6.45) is 2.52. The van der Waals surface area contributed by atoms with E-state index in [4.69, 9.17) is 0 Å². The number of hydrogen-bond acceptors (Lipinski definition) is 4. The van der Waals surface area contributed by atoms with Gasteiger partial charge in [-0.15, -0.1) is 0 Å². The molecule has 0 aromatic rings. The molecule has 0 aliphatic carbocycles. The number of carbonyl (C=O) groups is 2. The van der Waals surface area contributed by atoms with Crippen molar-refractivity contribution in [3.05, 3.63) is 0 Å². The summed E-state index contributed by atoms with van der Waals surface area (Å²) < 4.78 is 0. The first-order chi connectivity index (χ1) is 8.66. The SMILES string of the molecule is CC(CNC(=O)C1CNC(=O)CN1)N1CCCC1. The van der Waals surface area contributed by atoms with Crippen LogP contribution in [0.1, 0.15) is 19.8 Å². The van der Waals surface area contributed by atoms with E-state index in [0.717, 1.165) is 13.1 Å². The summed E-state index contributed by atoms with van der Waals surface area (Å²) in [6.45, 7) is 5.68. The zero-order valence-corrected chi connectivity index (χ0v) is 10.9. The minimum Gasteiger partial charge on any atom is -0.353 e. The molecule has 0 bridgehead atoms. The summed E-state index contributed by atoms with van der Waals surface area (Å²) in [5.41, 5.74) is 0. The van der Waals surface area contributed by atoms with E-state index in [1.807, 2.05) is 0 Å². The Balaban J connectivity index is 1.69. The zero-order chi connectivity index (χ0) is 13.0. The van der Waals surface area contributed by atoms with E-state index < -0.39 is 0 Å². The van der Waals surface area contributed by atoms with Crippen LogP contribution < -0.4 is 16.0 Å². The number of nitrogens with zero attached hydrogens (tertiary/aromatic N) is 1. The number of piperazine rings is 1. The topological polar surface area (TPSA) is 73.5 Å². The Morgan fingerprint density at radius 3 is 2.83 bits per heavy atom. The number of nitrogens with one attached hydrogen (secondary N) is 3. The number of rotatable bonds is 4. The Hall–Kier alpha value is -1.14. The first-order valence-corrected chi connectivity index (χ1v) is 6.68. The summed E-state index contributed by atoms with van der Waals surface area (Å²) in [7, 11) is 0. The van der Waals surface area contributed by atoms with Crippen LogP contribution in [0.4, 0.5) is 0 Å². The van der Waals surface area contributed by atoms with Gasteiger partial charge in [-0.25, -0.2) is 0 Å². The normalized spacial score (nSPS) is 26.7. The molecule has 2 heterocycles. The molecule has 102 valence electrons. The monoisotopic (exact) mass is 254 g/mol. The zero-order valence-electron chi connectivity index (χ0n) is 10.9. The van der Waals surface area contributed by atoms with Crippen LogP contribution in [0.2, 0.25) is 0 Å². The Labute approximate surface area is 107 Å². The van der Waals surface area contributed by atoms with Crippen molar-refractivity contribution in [2.75, 3.05) is 32.7 Å². The highest BCUT2D eigenvalue weighted by atomic mass is 16.2. The molecule has 0 radical (unpaired) electrons. The quantitative estimate of drug-likeness (QED) is 0.581. The molecular formula is C12H22N4O2. The second kappa shape index (κ2) is 6.15. The smallest absolute Gasteiger partial charge is 0.239 e. The van der Waals surface area contributed by atoms with Crippen LogP contribution in [-0.4, -0.2) is 61.5 Å². The predicted molar refractivity (Wildman–Crippen MR) is 68.1 cm³/mol. The largest absolute Gasteiger partial charge is 0.353 e. The molecule has 2 unspecified atom stereocenters. The number of amides is 2. The summed E-state index contributed by atoms with van der Waals surface area (Å²) in [5, 5.41) is 8.56. The van der Waals surface area contributed by atoms with E-state index in [1.54, 1.807) is 0 Å². The maximum absolute atomic E-state index is 11.9. The van der Waals surface area contributed by atoms with Crippen molar-refractivity contribution in [3.8, 4) is 0 Å². The molecule has 2 atom stereocenters. The molecule has 2 fully saturated rings. The lowest BCUT2D eigenvalue weighted by Gasteiger charge is -2.27. The van der Waals surface area contributed by atoms with Crippen molar-refractivity contribution in [1.82, 2.24) is 20.9 Å². The third kappa shape index (κ3) is 3.43. The molecule has 0 saturated carbocycles. The highest BCUT2D eigenvalue weighted by Crippen LogP contribution is 2.10. The average Bonchev–Trinajstić information content (AvgIpc) is 2.90. The fraction of sp³-hybridized carbons (Fsp3) is 0.833. The molecule has 2 amide bonds. The summed E-state index contributed by atoms with van der Waals surface area (Å²) >= 11 is 0. The fourth-order valence-electron chi connectivity index (χ4n) is 2.43. The van der Waals surface area contributed by atoms with Gasteiger partial charge in [0.15, 0.2) is 0 Å². The molecule has 3 N–H and O–H groups in total. The van der Waals surface area contributed by atoms with Gasteiger partial charge in [0.2, 0.25) is 11.8 Å². The van der Waals surface area contributed by atoms with Crippen LogP contribution in [0.15, 0.2) is 0 Å². The van der Waals surface area contributed by atoms with Crippen molar-refractivity contribution < 1.29 is 9.59 Å². The highest BCUT2D eigenvalue weighted by Gasteiger charge is 2.24. The molecule has 6 nitrogen and oxygen atoms in total. The minimum atomic E-state index is -0.298. The third-order valence-corrected chi connectivity index (χ3v) is 3.66. The van der Waals surface area contributed by atoms with E-state index >= 15 is 0 Å². The van der Waals surface area contributed by atoms with Gasteiger partial charge in [0, 0.05) is 19.1 Å². The number of carbonyl (C=O) groups excluding carboxylic acids is 2. The Kier molecular flexibility index (Phi) is 4.54. The molecule has 2 saturated heterocycles. The first-order valence-electron chi connectivity index (χ1n) is 6.68. The molecule has 18 heavy (non-hydrogen) atoms. The summed E-state index contributed by atoms with van der Waals surface area (Å²) in [5.74, 6) is -0.0782. The molecule has 0 spiro atoms. The van der Waals surface area contributed by atoms with Crippen LogP contribution >= 0.6 is 0 Å². The Bertz CT molecular complexity index is 305. The van der Waals surface area contributed by atoms with Crippen molar-refractivity contribution in [1.29, 1.82) is 0 Å². The summed E-state index contributed by atoms with van der Waals surface area (Å²) in [6, 6.07) is 0.0862. The molecule has 2 rings (SSSR count). The first kappa shape index (κ1) is 13.3. The molecule has 0 aromatic heterocycles. The van der Waals surface area contributed by atoms with Gasteiger partial charge >= 0.3 is 0 Å². The number of likely N-dealkylation sites (tertiary alicyclic amines) is 1. The van der Waals surface area contributed by atoms with Crippen molar-refractivity contribution in [2.45, 2.75) is 31.8 Å². The van der Waals surface area contributed by atoms with Gasteiger partial charge < -0.3 is 10.6 Å². The van der Waals surface area contributed by atoms with Gasteiger partial charge in [0.05, 0.1) is 6.54 Å². The Morgan fingerprint density at radius 2 is 2.22 bits per heavy atom. The van der Waals surface area contributed by atoms with Crippen LogP contribution in [0.5, 0.6) is 0 Å². The van der Waals surface area contributed by atoms with Crippen LogP contribution in [0.25, 0.3) is 0 Å². The lowest BCUT2D eigenvalue weighted by atomic mass is 10.2. The molecule has 6 heteroatoms. The summed E-state index contributed by atoms with van der Waals surface area (Å²) in [4.78, 5) is 25.2. The van der Waals surface area contributed by atoms with E-state index in [9.17, 15) is 9.59 Å². The lowest BCUT2D eigenvalue weighted by molar-refractivity contribution is -0.126. The fourth-order valence-corrected chi connectivity index (χ4v) is 2.43. The van der Waals surface area contributed by atoms with Crippen LogP contribution in [-0.2, 0) is 9.59 Å². The average molecular weight is 254 g/mol. The third-order valence-electron chi connectivity index (χ3n) is 3.66. The molecule has 2 aliphatic rings. The molecular weight excluding hydrogens is 232 g/mol. The van der Waals surface area contributed by atoms with E-state index in [0.29, 0.717) is 19.1 Å². The maximum atomic E-state index is 11.9. The van der Waals surface area contributed by atoms with Crippen molar-refractivity contribution in [2.24, 2.45) is 0 Å². The van der Waals surface area contributed by atoms with E-state index in [2.05, 4.69) is 27.8 Å². The Morgan fingerprint density at radius 1 is 1.50 bits per heavy atom. The van der Waals surface area contributed by atoms with Gasteiger partial charge in [-0.05, 0) is 32.9 Å². The van der Waals surface area contributed by atoms with Crippen LogP contribution in [0.3, 0.4) is 0 Å².